The summed E-state index contributed by atoms with van der Waals surface area (Å²) in [5, 5.41) is 10.0. The molecule has 2 N–H and O–H groups in total. The van der Waals surface area contributed by atoms with Gasteiger partial charge in [-0.15, -0.1) is 0 Å². The quantitative estimate of drug-likeness (QED) is 0.0766. The van der Waals surface area contributed by atoms with Crippen LogP contribution < -0.4 is 63.7 Å². The maximum atomic E-state index is 15.8. The van der Waals surface area contributed by atoms with Gasteiger partial charge in [0, 0.05) is 0 Å². The molecule has 14 nitrogen and oxygen atoms in total. The average Bonchev–Trinajstić information content (AvgIpc) is 0.703. The summed E-state index contributed by atoms with van der Waals surface area (Å²) in [6, 6.07) is 121. The zero-order valence-corrected chi connectivity index (χ0v) is 79.1. The van der Waals surface area contributed by atoms with Gasteiger partial charge in [0.25, 0.3) is 0 Å². The Morgan fingerprint density at radius 3 is 0.431 bits per heavy atom. The molecule has 130 heavy (non-hydrogen) atoms. The second-order valence-electron chi connectivity index (χ2n) is 34.3. The van der Waals surface area contributed by atoms with E-state index in [-0.39, 0.29) is 44.5 Å². The summed E-state index contributed by atoms with van der Waals surface area (Å²) in [5.41, 5.74) is -0.756. The molecule has 0 saturated carbocycles. The van der Waals surface area contributed by atoms with Gasteiger partial charge in [-0.25, -0.2) is 0 Å². The van der Waals surface area contributed by atoms with E-state index >= 15 is 19.2 Å². The van der Waals surface area contributed by atoms with Gasteiger partial charge in [0.1, 0.15) is 0 Å². The van der Waals surface area contributed by atoms with Gasteiger partial charge in [0.2, 0.25) is 0 Å². The summed E-state index contributed by atoms with van der Waals surface area (Å²) in [5.74, 6) is -3.26. The Balaban J connectivity index is 0.000000199. The summed E-state index contributed by atoms with van der Waals surface area (Å²) < 4.78 is 106. The molecule has 16 rings (SSSR count). The van der Waals surface area contributed by atoms with E-state index in [9.17, 15) is 25.9 Å². The predicted molar refractivity (Wildman–Crippen MR) is 538 cm³/mol. The third kappa shape index (κ3) is 16.8. The Hall–Kier alpha value is -11.5. The van der Waals surface area contributed by atoms with Crippen LogP contribution in [0.3, 0.4) is 0 Å². The van der Waals surface area contributed by atoms with Gasteiger partial charge in [0.05, 0.1) is 0 Å². The number of hydrogen-bond donors (Lipinski definition) is 2. The van der Waals surface area contributed by atoms with Crippen molar-refractivity contribution < 1.29 is 63.2 Å². The molecule has 0 fully saturated rings. The van der Waals surface area contributed by atoms with E-state index in [1.807, 2.05) is 364 Å². The molecule has 0 atom stereocenters. The van der Waals surface area contributed by atoms with Gasteiger partial charge in [-0.2, -0.15) is 0 Å². The minimum atomic E-state index is -5.03. The fourth-order valence-electron chi connectivity index (χ4n) is 20.8. The van der Waals surface area contributed by atoms with Crippen molar-refractivity contribution in [2.75, 3.05) is 24.6 Å². The van der Waals surface area contributed by atoms with Crippen molar-refractivity contribution in [3.8, 4) is 0 Å². The molecule has 2 heterocycles. The summed E-state index contributed by atoms with van der Waals surface area (Å²) in [6.45, 7) is -11.4. The molecule has 0 saturated heterocycles. The Morgan fingerprint density at radius 2 is 0.315 bits per heavy atom. The molecule has 2 aliphatic heterocycles. The number of carbonyl (C=O) groups excluding carboxylic acids is 4. The second kappa shape index (κ2) is 38.9. The van der Waals surface area contributed by atoms with E-state index in [0.29, 0.717) is 24.6 Å². The van der Waals surface area contributed by atoms with Gasteiger partial charge in [-0.3, -0.25) is 0 Å². The maximum absolute atomic E-state index is 15.8. The van der Waals surface area contributed by atoms with Crippen LogP contribution in [0.15, 0.2) is 386 Å². The summed E-state index contributed by atoms with van der Waals surface area (Å²) in [6.07, 6.45) is 14.3. The number of fused-ring (bicyclic) bond motifs is 4. The molecule has 20 heteroatoms. The SMILES string of the molecule is Cc1c2cc(c(C)c1S(=O)(=O)O)C(=O)OP(c1ccccc1)(c1ccccc1)(c1ccccc1)CCCCCCCCCP(c1ccccc1)(c1ccccc1)(c1ccccc1)OC2=O.Cc1c2cc(c(C)c1S(=O)(=O)O)C(=O)OP(c1ccccc1)(c1ccccc1)(c1ccccc1)CCCCCCCCCP(c1ccccc1)(c1ccccc1)(c1ccccc1)OC2=O. The van der Waals surface area contributed by atoms with Crippen LogP contribution in [0.25, 0.3) is 0 Å². The van der Waals surface area contributed by atoms with Crippen LogP contribution in [0.4, 0.5) is 0 Å². The number of hydrogen-bond acceptors (Lipinski definition) is 12. The first-order valence-corrected chi connectivity index (χ1v) is 57.1. The van der Waals surface area contributed by atoms with E-state index < -0.39 is 81.2 Å². The van der Waals surface area contributed by atoms with Crippen molar-refractivity contribution in [1.29, 1.82) is 0 Å². The number of carbonyl (C=O) groups is 4. The third-order valence-electron chi connectivity index (χ3n) is 27.1. The van der Waals surface area contributed by atoms with Gasteiger partial charge < -0.3 is 0 Å². The van der Waals surface area contributed by atoms with Gasteiger partial charge >= 0.3 is 771 Å². The fraction of sp³-hybridized carbons (Fsp3) is 0.200. The first kappa shape index (κ1) is 93.2. The minimum absolute atomic E-state index is 0.0292. The van der Waals surface area contributed by atoms with E-state index in [0.717, 1.165) is 154 Å². The molecule has 14 aromatic carbocycles. The fourth-order valence-corrected chi connectivity index (χ4v) is 45.9. The van der Waals surface area contributed by atoms with Gasteiger partial charge in [-0.1, -0.05) is 0 Å². The molecular formula is C110H112O14P4S2. The molecule has 4 bridgehead atoms. The molecule has 668 valence electrons. The van der Waals surface area contributed by atoms with Crippen LogP contribution in [-0.4, -0.2) is 74.5 Å². The molecule has 0 aromatic heterocycles. The van der Waals surface area contributed by atoms with E-state index in [4.69, 9.17) is 18.1 Å². The zero-order valence-electron chi connectivity index (χ0n) is 73.9. The topological polar surface area (TPSA) is 214 Å². The molecule has 0 amide bonds. The van der Waals surface area contributed by atoms with Crippen LogP contribution in [0.1, 0.15) is 154 Å². The first-order chi connectivity index (χ1) is 62.9. The Bertz CT molecular complexity index is 5440. The normalized spacial score (nSPS) is 18.9. The molecular weight excluding hydrogens is 1730 g/mol. The van der Waals surface area contributed by atoms with E-state index in [1.165, 1.54) is 39.8 Å². The predicted octanol–water partition coefficient (Wildman–Crippen LogP) is 21.0. The van der Waals surface area contributed by atoms with E-state index in [1.54, 1.807) is 0 Å². The molecule has 0 aliphatic carbocycles. The van der Waals surface area contributed by atoms with Crippen molar-refractivity contribution in [3.63, 3.8) is 0 Å². The molecule has 0 spiro atoms. The number of benzene rings is 14. The van der Waals surface area contributed by atoms with Crippen LogP contribution >= 0.6 is 27.3 Å². The standard InChI is InChI=1S/2C55H56O7P2S/c2*1-43-51-42-52(44(2)53(43)65(58,59)60)55(57)62-64(48-34-20-11-21-35-48,49-36-22-12-23-37-49,50-38-24-13-25-39-50)41-27-7-5-3-4-6-26-40-63(61-54(51)56,45-28-14-8-15-29-45,46-30-16-9-17-31-46)47-32-18-10-19-33-47/h2*8-25,28-39,42H,3-7,26-27,40-41H2,1-2H3,(H,58,59,60). The van der Waals surface area contributed by atoms with E-state index in [2.05, 4.69) is 0 Å². The van der Waals surface area contributed by atoms with Crippen molar-refractivity contribution in [2.45, 2.75) is 127 Å². The first-order valence-electron chi connectivity index (χ1n) is 44.8. The van der Waals surface area contributed by atoms with Crippen molar-refractivity contribution in [3.05, 3.63) is 421 Å². The summed E-state index contributed by atoms with van der Waals surface area (Å²) >= 11 is 0. The van der Waals surface area contributed by atoms with Crippen LogP contribution in [-0.2, 0) is 38.3 Å². The molecule has 0 radical (unpaired) electrons. The Kier molecular flexibility index (Phi) is 27.9. The van der Waals surface area contributed by atoms with Crippen molar-refractivity contribution in [2.24, 2.45) is 0 Å². The third-order valence-corrected chi connectivity index (χ3v) is 53.0. The average molecular weight is 1850 g/mol. The Labute approximate surface area is 765 Å². The molecule has 0 unspecified atom stereocenters. The van der Waals surface area contributed by atoms with Gasteiger partial charge in [0.15, 0.2) is 0 Å². The zero-order chi connectivity index (χ0) is 91.2. The van der Waals surface area contributed by atoms with Crippen molar-refractivity contribution >= 4 is 135 Å². The molecule has 14 aromatic rings. The summed E-state index contributed by atoms with van der Waals surface area (Å²) in [4.78, 5) is 62.0. The van der Waals surface area contributed by atoms with Crippen LogP contribution in [0.2, 0.25) is 0 Å². The Morgan fingerprint density at radius 1 is 0.200 bits per heavy atom. The molecule has 2 aliphatic rings. The second-order valence-corrected chi connectivity index (χ2v) is 55.4. The monoisotopic (exact) mass is 1840 g/mol. The number of rotatable bonds is 14. The van der Waals surface area contributed by atoms with Crippen LogP contribution in [0.5, 0.6) is 0 Å². The van der Waals surface area contributed by atoms with Crippen LogP contribution in [0, 0.1) is 27.7 Å². The van der Waals surface area contributed by atoms with Gasteiger partial charge in [-0.05, 0) is 0 Å². The van der Waals surface area contributed by atoms with Crippen molar-refractivity contribution in [1.82, 2.24) is 0 Å². The summed E-state index contributed by atoms with van der Waals surface area (Å²) in [7, 11) is -10.1.